The zero-order valence-electron chi connectivity index (χ0n) is 14.8. The molecule has 25 heavy (non-hydrogen) atoms. The molecule has 2 aliphatic heterocycles. The molecule has 0 aliphatic carbocycles. The second-order valence-electron chi connectivity index (χ2n) is 7.26. The van der Waals surface area contributed by atoms with Crippen LogP contribution in [-0.4, -0.2) is 50.9 Å². The first-order valence-corrected chi connectivity index (χ1v) is 11.2. The van der Waals surface area contributed by atoms with Crippen LogP contribution in [0.4, 0.5) is 0 Å². The number of hydrogen-bond acceptors (Lipinski definition) is 5. The van der Waals surface area contributed by atoms with Crippen LogP contribution in [-0.2, 0) is 10.0 Å². The summed E-state index contributed by atoms with van der Waals surface area (Å²) < 4.78 is 27.4. The molecule has 0 spiro atoms. The van der Waals surface area contributed by atoms with Gasteiger partial charge in [0.1, 0.15) is 4.21 Å². The minimum Gasteiger partial charge on any atom is -0.348 e. The molecule has 0 saturated carbocycles. The Morgan fingerprint density at radius 2 is 1.96 bits per heavy atom. The largest absolute Gasteiger partial charge is 0.348 e. The summed E-state index contributed by atoms with van der Waals surface area (Å²) in [5, 5.41) is 6.37. The highest BCUT2D eigenvalue weighted by Crippen LogP contribution is 2.28. The van der Waals surface area contributed by atoms with E-state index in [2.05, 4.69) is 24.5 Å². The average molecular weight is 386 g/mol. The standard InChI is InChI=1S/C17H27N3O3S2/c1-12-6-9-20(10-7-12)25(22,23)16-4-3-15(24-16)17(21)19-14-5-8-18-11-13(14)2/h3-4,12-14,18H,5-11H2,1-2H3,(H,19,21). The van der Waals surface area contributed by atoms with Gasteiger partial charge < -0.3 is 10.6 Å². The van der Waals surface area contributed by atoms with Gasteiger partial charge in [-0.3, -0.25) is 4.79 Å². The molecule has 2 atom stereocenters. The summed E-state index contributed by atoms with van der Waals surface area (Å²) in [7, 11) is -3.48. The topological polar surface area (TPSA) is 78.5 Å². The third-order valence-corrected chi connectivity index (χ3v) is 8.69. The van der Waals surface area contributed by atoms with Crippen molar-refractivity contribution in [1.29, 1.82) is 0 Å². The van der Waals surface area contributed by atoms with Gasteiger partial charge in [0.15, 0.2) is 0 Å². The highest BCUT2D eigenvalue weighted by molar-refractivity contribution is 7.91. The Morgan fingerprint density at radius 1 is 1.24 bits per heavy atom. The van der Waals surface area contributed by atoms with Crippen LogP contribution < -0.4 is 10.6 Å². The molecule has 1 aromatic rings. The summed E-state index contributed by atoms with van der Waals surface area (Å²) in [4.78, 5) is 13.0. The number of amides is 1. The summed E-state index contributed by atoms with van der Waals surface area (Å²) in [5.41, 5.74) is 0. The van der Waals surface area contributed by atoms with Crippen LogP contribution in [0.2, 0.25) is 0 Å². The lowest BCUT2D eigenvalue weighted by Gasteiger charge is -2.30. The molecule has 2 aliphatic rings. The molecule has 2 unspecified atom stereocenters. The zero-order valence-corrected chi connectivity index (χ0v) is 16.5. The van der Waals surface area contributed by atoms with E-state index in [4.69, 9.17) is 0 Å². The minimum absolute atomic E-state index is 0.138. The first-order valence-electron chi connectivity index (χ1n) is 8.99. The normalized spacial score (nSPS) is 26.5. The Labute approximate surface area is 154 Å². The summed E-state index contributed by atoms with van der Waals surface area (Å²) >= 11 is 1.07. The van der Waals surface area contributed by atoms with Gasteiger partial charge in [0, 0.05) is 19.1 Å². The number of hydrogen-bond donors (Lipinski definition) is 2. The Balaban J connectivity index is 1.68. The van der Waals surface area contributed by atoms with Gasteiger partial charge in [-0.2, -0.15) is 4.31 Å². The first kappa shape index (κ1) is 18.8. The van der Waals surface area contributed by atoms with E-state index in [-0.39, 0.29) is 16.2 Å². The predicted octanol–water partition coefficient (Wildman–Crippen LogP) is 1.90. The van der Waals surface area contributed by atoms with E-state index in [1.807, 2.05) is 0 Å². The van der Waals surface area contributed by atoms with E-state index in [0.717, 1.165) is 43.7 Å². The molecule has 3 rings (SSSR count). The molecule has 0 aromatic carbocycles. The summed E-state index contributed by atoms with van der Waals surface area (Å²) in [6, 6.07) is 3.34. The van der Waals surface area contributed by atoms with Crippen molar-refractivity contribution in [2.45, 2.75) is 43.4 Å². The quantitative estimate of drug-likeness (QED) is 0.830. The van der Waals surface area contributed by atoms with Crippen LogP contribution in [0.15, 0.2) is 16.3 Å². The van der Waals surface area contributed by atoms with Crippen molar-refractivity contribution in [3.8, 4) is 0 Å². The monoisotopic (exact) mass is 385 g/mol. The van der Waals surface area contributed by atoms with E-state index < -0.39 is 10.0 Å². The molecule has 1 aromatic heterocycles. The molecule has 8 heteroatoms. The molecule has 0 radical (unpaired) electrons. The lowest BCUT2D eigenvalue weighted by molar-refractivity contribution is 0.0918. The van der Waals surface area contributed by atoms with Gasteiger partial charge in [-0.05, 0) is 56.3 Å². The number of rotatable bonds is 4. The highest BCUT2D eigenvalue weighted by Gasteiger charge is 2.30. The van der Waals surface area contributed by atoms with Crippen LogP contribution in [0.3, 0.4) is 0 Å². The molecule has 0 bridgehead atoms. The van der Waals surface area contributed by atoms with E-state index in [1.165, 1.54) is 0 Å². The van der Waals surface area contributed by atoms with Crippen molar-refractivity contribution < 1.29 is 13.2 Å². The van der Waals surface area contributed by atoms with E-state index in [9.17, 15) is 13.2 Å². The fourth-order valence-corrected chi connectivity index (χ4v) is 6.23. The molecular weight excluding hydrogens is 358 g/mol. The van der Waals surface area contributed by atoms with E-state index in [1.54, 1.807) is 16.4 Å². The molecule has 2 saturated heterocycles. The number of sulfonamides is 1. The predicted molar refractivity (Wildman–Crippen MR) is 99.4 cm³/mol. The second-order valence-corrected chi connectivity index (χ2v) is 10.5. The number of nitrogens with one attached hydrogen (secondary N) is 2. The maximum atomic E-state index is 12.8. The van der Waals surface area contributed by atoms with Gasteiger partial charge in [0.25, 0.3) is 15.9 Å². The minimum atomic E-state index is -3.48. The Bertz CT molecular complexity index is 708. The molecule has 1 amide bonds. The SMILES string of the molecule is CC1CCN(S(=O)(=O)c2ccc(C(=O)NC3CCNCC3C)s2)CC1. The average Bonchev–Trinajstić information content (AvgIpc) is 3.08. The lowest BCUT2D eigenvalue weighted by Crippen LogP contribution is -2.48. The summed E-state index contributed by atoms with van der Waals surface area (Å²) in [6.45, 7) is 7.18. The maximum absolute atomic E-state index is 12.8. The Kier molecular flexibility index (Phi) is 5.82. The van der Waals surface area contributed by atoms with E-state index >= 15 is 0 Å². The van der Waals surface area contributed by atoms with Gasteiger partial charge in [0.05, 0.1) is 4.88 Å². The van der Waals surface area contributed by atoms with Gasteiger partial charge in [-0.1, -0.05) is 13.8 Å². The summed E-state index contributed by atoms with van der Waals surface area (Å²) in [5.74, 6) is 0.775. The molecule has 2 fully saturated rings. The lowest BCUT2D eigenvalue weighted by atomic mass is 9.95. The molecule has 3 heterocycles. The third kappa shape index (κ3) is 4.24. The second kappa shape index (κ2) is 7.73. The van der Waals surface area contributed by atoms with Crippen LogP contribution in [0, 0.1) is 11.8 Å². The molecule has 6 nitrogen and oxygen atoms in total. The van der Waals surface area contributed by atoms with Gasteiger partial charge in [-0.25, -0.2) is 8.42 Å². The van der Waals surface area contributed by atoms with Crippen LogP contribution in [0.25, 0.3) is 0 Å². The van der Waals surface area contributed by atoms with Gasteiger partial charge in [-0.15, -0.1) is 11.3 Å². The van der Waals surface area contributed by atoms with Crippen molar-refractivity contribution in [1.82, 2.24) is 14.9 Å². The van der Waals surface area contributed by atoms with Crippen LogP contribution in [0.5, 0.6) is 0 Å². The fraction of sp³-hybridized carbons (Fsp3) is 0.706. The highest BCUT2D eigenvalue weighted by atomic mass is 32.2. The van der Waals surface area contributed by atoms with Gasteiger partial charge in [0.2, 0.25) is 0 Å². The van der Waals surface area contributed by atoms with Crippen molar-refractivity contribution in [3.63, 3.8) is 0 Å². The Morgan fingerprint density at radius 3 is 2.64 bits per heavy atom. The molecule has 140 valence electrons. The molecule has 2 N–H and O–H groups in total. The number of carbonyl (C=O) groups is 1. The number of carbonyl (C=O) groups excluding carboxylic acids is 1. The van der Waals surface area contributed by atoms with Crippen molar-refractivity contribution in [2.75, 3.05) is 26.2 Å². The number of piperidine rings is 2. The van der Waals surface area contributed by atoms with Crippen LogP contribution >= 0.6 is 11.3 Å². The zero-order chi connectivity index (χ0) is 18.0. The molecular formula is C17H27N3O3S2. The van der Waals surface area contributed by atoms with Crippen molar-refractivity contribution in [2.24, 2.45) is 11.8 Å². The van der Waals surface area contributed by atoms with Crippen LogP contribution in [0.1, 0.15) is 42.8 Å². The fourth-order valence-electron chi connectivity index (χ4n) is 3.40. The smallest absolute Gasteiger partial charge is 0.261 e. The van der Waals surface area contributed by atoms with E-state index in [0.29, 0.717) is 29.8 Å². The number of thiophene rings is 1. The Hall–Kier alpha value is -0.960. The van der Waals surface area contributed by atoms with Crippen molar-refractivity contribution >= 4 is 27.3 Å². The number of nitrogens with zero attached hydrogens (tertiary/aromatic N) is 1. The van der Waals surface area contributed by atoms with Gasteiger partial charge >= 0.3 is 0 Å². The maximum Gasteiger partial charge on any atom is 0.261 e. The third-order valence-electron chi connectivity index (χ3n) is 5.24. The summed E-state index contributed by atoms with van der Waals surface area (Å²) in [6.07, 6.45) is 2.69. The van der Waals surface area contributed by atoms with Crippen molar-refractivity contribution in [3.05, 3.63) is 17.0 Å². The first-order chi connectivity index (χ1) is 11.9.